The van der Waals surface area contributed by atoms with E-state index in [2.05, 4.69) is 17.3 Å². The van der Waals surface area contributed by atoms with Crippen LogP contribution in [0.3, 0.4) is 0 Å². The van der Waals surface area contributed by atoms with Gasteiger partial charge in [-0.15, -0.1) is 0 Å². The fraction of sp³-hybridized carbons (Fsp3) is 0.350. The van der Waals surface area contributed by atoms with Crippen molar-refractivity contribution in [2.24, 2.45) is 5.16 Å². The molecule has 2 aromatic carbocycles. The number of oxime groups is 1. The molecule has 1 saturated carbocycles. The van der Waals surface area contributed by atoms with Crippen molar-refractivity contribution in [3.63, 3.8) is 0 Å². The van der Waals surface area contributed by atoms with Crippen LogP contribution in [0.2, 0.25) is 0 Å². The zero-order valence-corrected chi connectivity index (χ0v) is 13.6. The number of halogens is 2. The lowest BCUT2D eigenvalue weighted by Crippen LogP contribution is -2.04. The maximum Gasteiger partial charge on any atom is 0.159 e. The quantitative estimate of drug-likeness (QED) is 0.519. The first-order valence-electron chi connectivity index (χ1n) is 8.41. The van der Waals surface area contributed by atoms with E-state index in [0.717, 1.165) is 17.7 Å². The molecule has 126 valence electrons. The van der Waals surface area contributed by atoms with Crippen LogP contribution in [-0.4, -0.2) is 6.21 Å². The summed E-state index contributed by atoms with van der Waals surface area (Å²) in [7, 11) is 0. The van der Waals surface area contributed by atoms with Crippen molar-refractivity contribution < 1.29 is 13.6 Å². The Balaban J connectivity index is 1.51. The summed E-state index contributed by atoms with van der Waals surface area (Å²) in [5.41, 5.74) is 2.90. The molecule has 1 fully saturated rings. The van der Waals surface area contributed by atoms with Crippen LogP contribution in [0.25, 0.3) is 0 Å². The van der Waals surface area contributed by atoms with E-state index in [0.29, 0.717) is 11.5 Å². The molecule has 0 atom stereocenters. The average molecular weight is 329 g/mol. The topological polar surface area (TPSA) is 21.6 Å². The molecule has 24 heavy (non-hydrogen) atoms. The minimum Gasteiger partial charge on any atom is -0.391 e. The molecular formula is C20H21F2NO. The van der Waals surface area contributed by atoms with E-state index in [1.54, 1.807) is 6.21 Å². The predicted octanol–water partition coefficient (Wildman–Crippen LogP) is 5.56. The lowest BCUT2D eigenvalue weighted by Gasteiger charge is -2.21. The summed E-state index contributed by atoms with van der Waals surface area (Å²) in [5, 5.41) is 3.89. The van der Waals surface area contributed by atoms with Crippen LogP contribution in [0.15, 0.2) is 47.6 Å². The van der Waals surface area contributed by atoms with Gasteiger partial charge in [-0.05, 0) is 47.6 Å². The predicted molar refractivity (Wildman–Crippen MR) is 91.0 cm³/mol. The van der Waals surface area contributed by atoms with Gasteiger partial charge in [0.1, 0.15) is 6.61 Å². The minimum absolute atomic E-state index is 0.105. The maximum absolute atomic E-state index is 13.1. The van der Waals surface area contributed by atoms with Crippen LogP contribution in [0, 0.1) is 11.6 Å². The highest BCUT2D eigenvalue weighted by atomic mass is 19.2. The molecule has 0 N–H and O–H groups in total. The van der Waals surface area contributed by atoms with Gasteiger partial charge in [-0.1, -0.05) is 54.8 Å². The van der Waals surface area contributed by atoms with Gasteiger partial charge in [-0.25, -0.2) is 8.78 Å². The molecule has 0 amide bonds. The molecule has 0 radical (unpaired) electrons. The molecule has 2 aromatic rings. The second-order valence-corrected chi connectivity index (χ2v) is 6.26. The summed E-state index contributed by atoms with van der Waals surface area (Å²) >= 11 is 0. The average Bonchev–Trinajstić information content (AvgIpc) is 2.63. The van der Waals surface area contributed by atoms with E-state index < -0.39 is 11.6 Å². The Labute approximate surface area is 141 Å². The Hall–Kier alpha value is -2.23. The van der Waals surface area contributed by atoms with Crippen LogP contribution in [0.5, 0.6) is 0 Å². The van der Waals surface area contributed by atoms with Crippen LogP contribution >= 0.6 is 0 Å². The highest BCUT2D eigenvalue weighted by molar-refractivity contribution is 5.79. The summed E-state index contributed by atoms with van der Waals surface area (Å²) in [6.45, 7) is 0.105. The minimum atomic E-state index is -0.876. The lowest BCUT2D eigenvalue weighted by molar-refractivity contribution is 0.132. The molecule has 0 bridgehead atoms. The third kappa shape index (κ3) is 4.40. The van der Waals surface area contributed by atoms with E-state index in [4.69, 9.17) is 4.84 Å². The van der Waals surface area contributed by atoms with Gasteiger partial charge in [0.25, 0.3) is 0 Å². The molecule has 1 aliphatic carbocycles. The van der Waals surface area contributed by atoms with E-state index >= 15 is 0 Å². The standard InChI is InChI=1S/C20H21F2NO/c21-19-11-8-16(12-20(19)22)14-24-23-13-15-6-9-18(10-7-15)17-4-2-1-3-5-17/h6-13,17H,1-5,14H2. The third-order valence-electron chi connectivity index (χ3n) is 4.50. The van der Waals surface area contributed by atoms with Crippen molar-refractivity contribution in [2.45, 2.75) is 44.6 Å². The Bertz CT molecular complexity index is 691. The van der Waals surface area contributed by atoms with Gasteiger partial charge < -0.3 is 4.84 Å². The number of benzene rings is 2. The van der Waals surface area contributed by atoms with Gasteiger partial charge in [-0.2, -0.15) is 0 Å². The summed E-state index contributed by atoms with van der Waals surface area (Å²) in [4.78, 5) is 5.15. The number of rotatable bonds is 5. The molecule has 0 spiro atoms. The number of hydrogen-bond acceptors (Lipinski definition) is 2. The Kier molecular flexibility index (Phi) is 5.57. The molecule has 0 saturated heterocycles. The number of nitrogens with zero attached hydrogens (tertiary/aromatic N) is 1. The highest BCUT2D eigenvalue weighted by Crippen LogP contribution is 2.32. The Morgan fingerprint density at radius 2 is 1.71 bits per heavy atom. The van der Waals surface area contributed by atoms with Gasteiger partial charge in [0.15, 0.2) is 11.6 Å². The Morgan fingerprint density at radius 1 is 0.958 bits per heavy atom. The molecule has 4 heteroatoms. The third-order valence-corrected chi connectivity index (χ3v) is 4.50. The van der Waals surface area contributed by atoms with Crippen molar-refractivity contribution in [1.82, 2.24) is 0 Å². The second-order valence-electron chi connectivity index (χ2n) is 6.26. The first-order chi connectivity index (χ1) is 11.7. The lowest BCUT2D eigenvalue weighted by atomic mass is 9.84. The van der Waals surface area contributed by atoms with Gasteiger partial charge >= 0.3 is 0 Å². The molecule has 0 heterocycles. The van der Waals surface area contributed by atoms with E-state index in [-0.39, 0.29) is 6.61 Å². The van der Waals surface area contributed by atoms with Gasteiger partial charge in [0.05, 0.1) is 6.21 Å². The monoisotopic (exact) mass is 329 g/mol. The maximum atomic E-state index is 13.1. The van der Waals surface area contributed by atoms with Crippen LogP contribution in [-0.2, 0) is 11.4 Å². The SMILES string of the molecule is Fc1ccc(CON=Cc2ccc(C3CCCCC3)cc2)cc1F. The van der Waals surface area contributed by atoms with Crippen LogP contribution in [0.4, 0.5) is 8.78 Å². The molecule has 0 aromatic heterocycles. The highest BCUT2D eigenvalue weighted by Gasteiger charge is 2.14. The van der Waals surface area contributed by atoms with E-state index in [1.165, 1.54) is 43.7 Å². The molecule has 1 aliphatic rings. The van der Waals surface area contributed by atoms with Gasteiger partial charge in [0, 0.05) is 0 Å². The largest absolute Gasteiger partial charge is 0.391 e. The molecule has 2 nitrogen and oxygen atoms in total. The fourth-order valence-electron chi connectivity index (χ4n) is 3.13. The summed E-state index contributed by atoms with van der Waals surface area (Å²) in [6, 6.07) is 12.1. The van der Waals surface area contributed by atoms with Gasteiger partial charge in [-0.3, -0.25) is 0 Å². The molecule has 0 aliphatic heterocycles. The summed E-state index contributed by atoms with van der Waals surface area (Å²) in [6.07, 6.45) is 8.20. The molecule has 3 rings (SSSR count). The zero-order valence-electron chi connectivity index (χ0n) is 13.6. The van der Waals surface area contributed by atoms with Crippen molar-refractivity contribution in [1.29, 1.82) is 0 Å². The smallest absolute Gasteiger partial charge is 0.159 e. The summed E-state index contributed by atoms with van der Waals surface area (Å²) < 4.78 is 25.9. The molecular weight excluding hydrogens is 308 g/mol. The van der Waals surface area contributed by atoms with E-state index in [1.807, 2.05) is 12.1 Å². The fourth-order valence-corrected chi connectivity index (χ4v) is 3.13. The van der Waals surface area contributed by atoms with Crippen molar-refractivity contribution >= 4 is 6.21 Å². The first-order valence-corrected chi connectivity index (χ1v) is 8.41. The van der Waals surface area contributed by atoms with Crippen LogP contribution < -0.4 is 0 Å². The van der Waals surface area contributed by atoms with Gasteiger partial charge in [0.2, 0.25) is 0 Å². The van der Waals surface area contributed by atoms with Crippen LogP contribution in [0.1, 0.15) is 54.7 Å². The molecule has 0 unspecified atom stereocenters. The van der Waals surface area contributed by atoms with Crippen molar-refractivity contribution in [3.05, 3.63) is 70.8 Å². The van der Waals surface area contributed by atoms with E-state index in [9.17, 15) is 8.78 Å². The zero-order chi connectivity index (χ0) is 16.8. The normalized spacial score (nSPS) is 15.8. The second kappa shape index (κ2) is 8.04. The van der Waals surface area contributed by atoms with Crippen molar-refractivity contribution in [2.75, 3.05) is 0 Å². The first kappa shape index (κ1) is 16.6. The summed E-state index contributed by atoms with van der Waals surface area (Å²) in [5.74, 6) is -1.05. The Morgan fingerprint density at radius 3 is 2.42 bits per heavy atom. The van der Waals surface area contributed by atoms with Crippen molar-refractivity contribution in [3.8, 4) is 0 Å². The number of hydrogen-bond donors (Lipinski definition) is 0.